The van der Waals surface area contributed by atoms with E-state index in [2.05, 4.69) is 23.2 Å². The Morgan fingerprint density at radius 2 is 1.89 bits per heavy atom. The van der Waals surface area contributed by atoms with Gasteiger partial charge in [0.05, 0.1) is 18.9 Å². The van der Waals surface area contributed by atoms with Crippen LogP contribution < -0.4 is 9.47 Å². The van der Waals surface area contributed by atoms with Gasteiger partial charge >= 0.3 is 0 Å². The van der Waals surface area contributed by atoms with Crippen molar-refractivity contribution in [3.63, 3.8) is 0 Å². The van der Waals surface area contributed by atoms with Crippen molar-refractivity contribution in [1.82, 2.24) is 5.01 Å². The molecule has 3 aromatic rings. The molecule has 3 aromatic carbocycles. The number of halogens is 1. The minimum Gasteiger partial charge on any atom is -0.497 e. The summed E-state index contributed by atoms with van der Waals surface area (Å²) in [5, 5.41) is 7.73. The number of methoxy groups -OCH3 is 1. The molecule has 0 aromatic heterocycles. The minimum absolute atomic E-state index is 0.0776. The number of rotatable bonds is 3. The number of fused-ring (bicyclic) bond motifs is 3. The van der Waals surface area contributed by atoms with Gasteiger partial charge in [0.1, 0.15) is 11.5 Å². The highest BCUT2D eigenvalue weighted by Crippen LogP contribution is 2.48. The Labute approximate surface area is 169 Å². The van der Waals surface area contributed by atoms with Gasteiger partial charge in [0.15, 0.2) is 0 Å². The first-order chi connectivity index (χ1) is 13.7. The van der Waals surface area contributed by atoms with Crippen molar-refractivity contribution in [2.45, 2.75) is 18.7 Å². The van der Waals surface area contributed by atoms with Crippen LogP contribution >= 0.6 is 11.6 Å². The maximum Gasteiger partial charge on any atom is 0.213 e. The third-order valence-electron chi connectivity index (χ3n) is 5.24. The van der Waals surface area contributed by atoms with Crippen molar-refractivity contribution in [3.8, 4) is 11.5 Å². The van der Waals surface area contributed by atoms with Crippen LogP contribution in [0.3, 0.4) is 0 Å². The first-order valence-electron chi connectivity index (χ1n) is 9.24. The first kappa shape index (κ1) is 17.1. The molecule has 140 valence electrons. The third kappa shape index (κ3) is 2.90. The Kier molecular flexibility index (Phi) is 4.21. The molecule has 5 rings (SSSR count). The summed E-state index contributed by atoms with van der Waals surface area (Å²) in [5.74, 6) is 1.69. The molecule has 0 bridgehead atoms. The van der Waals surface area contributed by atoms with E-state index in [0.29, 0.717) is 5.02 Å². The summed E-state index contributed by atoms with van der Waals surface area (Å²) < 4.78 is 11.7. The Bertz CT molecular complexity index is 1050. The van der Waals surface area contributed by atoms with Crippen LogP contribution in [-0.2, 0) is 0 Å². The molecule has 0 saturated carbocycles. The molecule has 2 aliphatic rings. The molecule has 0 unspecified atom stereocenters. The van der Waals surface area contributed by atoms with E-state index in [1.54, 1.807) is 7.11 Å². The minimum atomic E-state index is -0.275. The van der Waals surface area contributed by atoms with Gasteiger partial charge < -0.3 is 9.47 Å². The van der Waals surface area contributed by atoms with E-state index in [0.717, 1.165) is 40.3 Å². The van der Waals surface area contributed by atoms with Crippen molar-refractivity contribution in [1.29, 1.82) is 0 Å². The molecule has 0 N–H and O–H groups in total. The average molecular weight is 391 g/mol. The first-order valence-corrected chi connectivity index (χ1v) is 9.62. The molecule has 0 fully saturated rings. The van der Waals surface area contributed by atoms with Crippen LogP contribution in [0.15, 0.2) is 77.9 Å². The molecule has 0 amide bonds. The lowest BCUT2D eigenvalue weighted by Gasteiger charge is -2.38. The highest BCUT2D eigenvalue weighted by Gasteiger charge is 2.41. The average Bonchev–Trinajstić information content (AvgIpc) is 3.20. The summed E-state index contributed by atoms with van der Waals surface area (Å²) in [4.78, 5) is 0. The predicted molar refractivity (Wildman–Crippen MR) is 110 cm³/mol. The van der Waals surface area contributed by atoms with Crippen molar-refractivity contribution in [2.24, 2.45) is 5.10 Å². The van der Waals surface area contributed by atoms with Crippen molar-refractivity contribution in [3.05, 3.63) is 94.5 Å². The smallest absolute Gasteiger partial charge is 0.213 e. The third-order valence-corrected chi connectivity index (χ3v) is 5.47. The molecule has 0 spiro atoms. The summed E-state index contributed by atoms with van der Waals surface area (Å²) in [6.45, 7) is 0. The fourth-order valence-corrected chi connectivity index (χ4v) is 4.05. The zero-order chi connectivity index (χ0) is 19.1. The quantitative estimate of drug-likeness (QED) is 0.584. The molecule has 0 radical (unpaired) electrons. The van der Waals surface area contributed by atoms with Gasteiger partial charge in [-0.05, 0) is 30.3 Å². The Hall–Kier alpha value is -2.98. The van der Waals surface area contributed by atoms with E-state index in [4.69, 9.17) is 26.2 Å². The Balaban J connectivity index is 1.60. The van der Waals surface area contributed by atoms with Crippen molar-refractivity contribution >= 4 is 17.3 Å². The van der Waals surface area contributed by atoms with E-state index >= 15 is 0 Å². The molecule has 2 heterocycles. The maximum atomic E-state index is 6.35. The lowest BCUT2D eigenvalue weighted by molar-refractivity contribution is -0.0190. The van der Waals surface area contributed by atoms with Gasteiger partial charge in [-0.15, -0.1) is 0 Å². The van der Waals surface area contributed by atoms with Gasteiger partial charge in [0.25, 0.3) is 0 Å². The van der Waals surface area contributed by atoms with Gasteiger partial charge in [-0.3, -0.25) is 0 Å². The highest BCUT2D eigenvalue weighted by molar-refractivity contribution is 6.30. The Morgan fingerprint density at radius 3 is 2.71 bits per heavy atom. The van der Waals surface area contributed by atoms with E-state index in [1.807, 2.05) is 54.6 Å². The van der Waals surface area contributed by atoms with Crippen LogP contribution in [0.1, 0.15) is 35.4 Å². The van der Waals surface area contributed by atoms with E-state index in [-0.39, 0.29) is 12.3 Å². The number of benzene rings is 3. The van der Waals surface area contributed by atoms with Crippen molar-refractivity contribution < 1.29 is 9.47 Å². The Morgan fingerprint density at radius 1 is 1.04 bits per heavy atom. The monoisotopic (exact) mass is 390 g/mol. The van der Waals surface area contributed by atoms with Crippen LogP contribution in [0.25, 0.3) is 0 Å². The van der Waals surface area contributed by atoms with Gasteiger partial charge in [-0.2, -0.15) is 5.10 Å². The second kappa shape index (κ2) is 6.88. The topological polar surface area (TPSA) is 34.1 Å². The summed E-state index contributed by atoms with van der Waals surface area (Å²) in [6, 6.07) is 24.1. The molecule has 5 heteroatoms. The number of ether oxygens (including phenoxy) is 2. The zero-order valence-electron chi connectivity index (χ0n) is 15.4. The summed E-state index contributed by atoms with van der Waals surface area (Å²) in [5.41, 5.74) is 4.22. The second-order valence-corrected chi connectivity index (χ2v) is 7.38. The van der Waals surface area contributed by atoms with Crippen LogP contribution in [0, 0.1) is 0 Å². The fraction of sp³-hybridized carbons (Fsp3) is 0.174. The van der Waals surface area contributed by atoms with Crippen LogP contribution in [-0.4, -0.2) is 17.8 Å². The largest absolute Gasteiger partial charge is 0.497 e. The number of hydrazone groups is 1. The molecule has 0 aliphatic carbocycles. The molecule has 2 aliphatic heterocycles. The highest BCUT2D eigenvalue weighted by atomic mass is 35.5. The van der Waals surface area contributed by atoms with Gasteiger partial charge in [-0.25, -0.2) is 5.01 Å². The summed E-state index contributed by atoms with van der Waals surface area (Å²) in [6.07, 6.45) is 0.510. The number of nitrogens with zero attached hydrogens (tertiary/aromatic N) is 2. The maximum absolute atomic E-state index is 6.35. The normalized spacial score (nSPS) is 20.1. The van der Waals surface area contributed by atoms with Gasteiger partial charge in [0, 0.05) is 28.1 Å². The van der Waals surface area contributed by atoms with Gasteiger partial charge in [0.2, 0.25) is 6.23 Å². The number of hydrogen-bond donors (Lipinski definition) is 0. The molecular formula is C23H19ClN2O2. The fourth-order valence-electron chi connectivity index (χ4n) is 3.87. The van der Waals surface area contributed by atoms with Gasteiger partial charge in [-0.1, -0.05) is 54.1 Å². The SMILES string of the molecule is COc1cccc(C2=NN3[C@@H](C2)c2cc(Cl)ccc2O[C@H]3c2ccccc2)c1. The molecular weight excluding hydrogens is 372 g/mol. The molecule has 28 heavy (non-hydrogen) atoms. The summed E-state index contributed by atoms with van der Waals surface area (Å²) in [7, 11) is 1.68. The molecule has 2 atom stereocenters. The van der Waals surface area contributed by atoms with Crippen molar-refractivity contribution in [2.75, 3.05) is 7.11 Å². The van der Waals surface area contributed by atoms with Crippen LogP contribution in [0.4, 0.5) is 0 Å². The standard InChI is InChI=1S/C23H19ClN2O2/c1-27-18-9-5-8-16(12-18)20-14-21-19-13-17(24)10-11-22(19)28-23(26(21)25-20)15-6-3-2-4-7-15/h2-13,21,23H,14H2,1H3/t21-,23-/m0/s1. The van der Waals surface area contributed by atoms with E-state index in [9.17, 15) is 0 Å². The van der Waals surface area contributed by atoms with Crippen LogP contribution in [0.5, 0.6) is 11.5 Å². The summed E-state index contributed by atoms with van der Waals surface area (Å²) >= 11 is 6.29. The predicted octanol–water partition coefficient (Wildman–Crippen LogP) is 5.59. The van der Waals surface area contributed by atoms with E-state index in [1.165, 1.54) is 0 Å². The molecule has 0 saturated heterocycles. The second-order valence-electron chi connectivity index (χ2n) is 6.94. The van der Waals surface area contributed by atoms with Crippen LogP contribution in [0.2, 0.25) is 5.02 Å². The molecule has 4 nitrogen and oxygen atoms in total. The zero-order valence-corrected chi connectivity index (χ0v) is 16.1. The lowest BCUT2D eigenvalue weighted by atomic mass is 9.96. The lowest BCUT2D eigenvalue weighted by Crippen LogP contribution is -2.33. The number of hydrogen-bond acceptors (Lipinski definition) is 4. The van der Waals surface area contributed by atoms with E-state index < -0.39 is 0 Å².